The van der Waals surface area contributed by atoms with Gasteiger partial charge in [0.15, 0.2) is 0 Å². The molecule has 2 aliphatic heterocycles. The van der Waals surface area contributed by atoms with Gasteiger partial charge >= 0.3 is 0 Å². The van der Waals surface area contributed by atoms with Crippen molar-refractivity contribution in [3.8, 4) is 0 Å². The Kier molecular flexibility index (Phi) is 8.92. The maximum atomic E-state index is 12.7. The second kappa shape index (κ2) is 10.9. The van der Waals surface area contributed by atoms with E-state index in [1.807, 2.05) is 12.1 Å². The topological polar surface area (TPSA) is 89.7 Å². The van der Waals surface area contributed by atoms with Crippen LogP contribution in [0.4, 0.5) is 11.4 Å². The van der Waals surface area contributed by atoms with Crippen LogP contribution in [-0.4, -0.2) is 56.5 Å². The minimum atomic E-state index is -0.528. The van der Waals surface area contributed by atoms with Crippen molar-refractivity contribution >= 4 is 52.9 Å². The summed E-state index contributed by atoms with van der Waals surface area (Å²) in [5.41, 5.74) is 8.12. The van der Waals surface area contributed by atoms with Crippen LogP contribution in [0.3, 0.4) is 0 Å². The third kappa shape index (κ3) is 5.29. The maximum Gasteiger partial charge on any atom is 0.241 e. The zero-order valence-electron chi connectivity index (χ0n) is 16.2. The fourth-order valence-electron chi connectivity index (χ4n) is 3.87. The molecule has 0 aliphatic carbocycles. The number of rotatable bonds is 4. The smallest absolute Gasteiger partial charge is 0.241 e. The number of benzene rings is 1. The van der Waals surface area contributed by atoms with Crippen LogP contribution in [0.1, 0.15) is 12.8 Å². The molecule has 1 aromatic heterocycles. The minimum absolute atomic E-state index is 0. The first-order valence-electron chi connectivity index (χ1n) is 9.57. The molecule has 0 saturated carbocycles. The first-order valence-corrected chi connectivity index (χ1v) is 9.57. The van der Waals surface area contributed by atoms with Gasteiger partial charge in [0.1, 0.15) is 0 Å². The van der Waals surface area contributed by atoms with Gasteiger partial charge in [-0.05, 0) is 37.0 Å². The number of ether oxygens (including phenoxy) is 2. The molecule has 9 heteroatoms. The Morgan fingerprint density at radius 1 is 1.07 bits per heavy atom. The molecule has 1 aromatic carbocycles. The number of pyridine rings is 1. The minimum Gasteiger partial charge on any atom is -0.381 e. The molecule has 2 fully saturated rings. The van der Waals surface area contributed by atoms with Crippen molar-refractivity contribution in [1.29, 1.82) is 0 Å². The molecule has 29 heavy (non-hydrogen) atoms. The molecule has 7 nitrogen and oxygen atoms in total. The molecule has 3 N–H and O–H groups in total. The van der Waals surface area contributed by atoms with E-state index in [1.54, 1.807) is 12.4 Å². The highest BCUT2D eigenvalue weighted by molar-refractivity contribution is 6.07. The standard InChI is InChI=1S/C20H26N4O3.2ClH/c21-19(14-4-9-26-10-5-14)20(25)23-17-1-2-18(24-7-11-27-12-8-24)15-3-6-22-13-16(15)17;;/h1-3,6,13-14,19H,4-5,7-12,21H2,(H,23,25);2*1H. The summed E-state index contributed by atoms with van der Waals surface area (Å²) in [6.07, 6.45) is 5.24. The summed E-state index contributed by atoms with van der Waals surface area (Å²) >= 11 is 0. The van der Waals surface area contributed by atoms with Crippen LogP contribution < -0.4 is 16.0 Å². The molecular weight excluding hydrogens is 415 g/mol. The van der Waals surface area contributed by atoms with Gasteiger partial charge in [-0.15, -0.1) is 24.8 Å². The summed E-state index contributed by atoms with van der Waals surface area (Å²) in [4.78, 5) is 19.3. The third-order valence-corrected chi connectivity index (χ3v) is 5.48. The molecule has 160 valence electrons. The third-order valence-electron chi connectivity index (χ3n) is 5.48. The Balaban J connectivity index is 0.00000150. The van der Waals surface area contributed by atoms with Crippen molar-refractivity contribution in [3.05, 3.63) is 30.6 Å². The van der Waals surface area contributed by atoms with Crippen LogP contribution in [0.2, 0.25) is 0 Å². The van der Waals surface area contributed by atoms with Crippen LogP contribution in [-0.2, 0) is 14.3 Å². The zero-order valence-corrected chi connectivity index (χ0v) is 17.8. The molecule has 2 aromatic rings. The maximum absolute atomic E-state index is 12.7. The Morgan fingerprint density at radius 2 is 1.76 bits per heavy atom. The summed E-state index contributed by atoms with van der Waals surface area (Å²) < 4.78 is 10.8. The van der Waals surface area contributed by atoms with Crippen molar-refractivity contribution in [2.75, 3.05) is 49.7 Å². The van der Waals surface area contributed by atoms with E-state index in [9.17, 15) is 4.79 Å². The number of nitrogens with one attached hydrogen (secondary N) is 1. The molecule has 3 heterocycles. The first-order chi connectivity index (χ1) is 13.2. The lowest BCUT2D eigenvalue weighted by Crippen LogP contribution is -2.44. The lowest BCUT2D eigenvalue weighted by atomic mass is 9.92. The van der Waals surface area contributed by atoms with E-state index in [-0.39, 0.29) is 36.6 Å². The number of fused-ring (bicyclic) bond motifs is 1. The number of carbonyl (C=O) groups is 1. The second-order valence-electron chi connectivity index (χ2n) is 7.12. The second-order valence-corrected chi connectivity index (χ2v) is 7.12. The van der Waals surface area contributed by atoms with Crippen molar-refractivity contribution in [2.24, 2.45) is 11.7 Å². The van der Waals surface area contributed by atoms with Gasteiger partial charge in [0, 0.05) is 55.2 Å². The summed E-state index contributed by atoms with van der Waals surface area (Å²) in [6, 6.07) is 5.47. The van der Waals surface area contributed by atoms with Crippen molar-refractivity contribution < 1.29 is 14.3 Å². The van der Waals surface area contributed by atoms with E-state index in [4.69, 9.17) is 15.2 Å². The molecular formula is C20H28Cl2N4O3. The molecule has 1 amide bonds. The molecule has 2 aliphatic rings. The fraction of sp³-hybridized carbons (Fsp3) is 0.500. The van der Waals surface area contributed by atoms with E-state index in [0.29, 0.717) is 13.2 Å². The van der Waals surface area contributed by atoms with E-state index < -0.39 is 6.04 Å². The molecule has 2 saturated heterocycles. The summed E-state index contributed by atoms with van der Waals surface area (Å²) in [7, 11) is 0. The normalized spacial score (nSPS) is 18.4. The SMILES string of the molecule is Cl.Cl.NC(C(=O)Nc1ccc(N2CCOCC2)c2ccncc12)C1CCOCC1. The quantitative estimate of drug-likeness (QED) is 0.755. The van der Waals surface area contributed by atoms with Crippen LogP contribution in [0.15, 0.2) is 30.6 Å². The number of amides is 1. The molecule has 0 spiro atoms. The van der Waals surface area contributed by atoms with Crippen molar-refractivity contribution in [3.63, 3.8) is 0 Å². The fourth-order valence-corrected chi connectivity index (χ4v) is 3.87. The summed E-state index contributed by atoms with van der Waals surface area (Å²) in [5, 5.41) is 5.02. The highest BCUT2D eigenvalue weighted by Crippen LogP contribution is 2.32. The van der Waals surface area contributed by atoms with Gasteiger partial charge < -0.3 is 25.4 Å². The van der Waals surface area contributed by atoms with Gasteiger partial charge in [-0.25, -0.2) is 0 Å². The van der Waals surface area contributed by atoms with E-state index in [2.05, 4.69) is 21.3 Å². The van der Waals surface area contributed by atoms with Crippen LogP contribution in [0.25, 0.3) is 10.8 Å². The summed E-state index contributed by atoms with van der Waals surface area (Å²) in [5.74, 6) is 0.0157. The number of morpholine rings is 1. The number of carbonyl (C=O) groups excluding carboxylic acids is 1. The number of aromatic nitrogens is 1. The molecule has 0 radical (unpaired) electrons. The van der Waals surface area contributed by atoms with Gasteiger partial charge in [-0.3, -0.25) is 9.78 Å². The van der Waals surface area contributed by atoms with E-state index in [1.165, 1.54) is 0 Å². The lowest BCUT2D eigenvalue weighted by molar-refractivity contribution is -0.119. The number of hydrogen-bond acceptors (Lipinski definition) is 6. The van der Waals surface area contributed by atoms with Crippen LogP contribution in [0.5, 0.6) is 0 Å². The predicted molar refractivity (Wildman–Crippen MR) is 119 cm³/mol. The highest BCUT2D eigenvalue weighted by Gasteiger charge is 2.27. The Bertz CT molecular complexity index is 811. The van der Waals surface area contributed by atoms with E-state index >= 15 is 0 Å². The van der Waals surface area contributed by atoms with Crippen molar-refractivity contribution in [1.82, 2.24) is 4.98 Å². The largest absolute Gasteiger partial charge is 0.381 e. The highest BCUT2D eigenvalue weighted by atomic mass is 35.5. The number of halogens is 2. The summed E-state index contributed by atoms with van der Waals surface area (Å²) in [6.45, 7) is 4.52. The Hall–Kier alpha value is -1.64. The van der Waals surface area contributed by atoms with Gasteiger partial charge in [-0.1, -0.05) is 0 Å². The van der Waals surface area contributed by atoms with Gasteiger partial charge in [0.25, 0.3) is 0 Å². The van der Waals surface area contributed by atoms with Gasteiger partial charge in [-0.2, -0.15) is 0 Å². The van der Waals surface area contributed by atoms with E-state index in [0.717, 1.165) is 61.3 Å². The predicted octanol–water partition coefficient (Wildman–Crippen LogP) is 2.61. The average molecular weight is 443 g/mol. The molecule has 0 bridgehead atoms. The van der Waals surface area contributed by atoms with Gasteiger partial charge in [0.05, 0.1) is 24.9 Å². The zero-order chi connectivity index (χ0) is 18.6. The monoisotopic (exact) mass is 442 g/mol. The first kappa shape index (κ1) is 23.6. The van der Waals surface area contributed by atoms with Crippen LogP contribution >= 0.6 is 24.8 Å². The number of nitrogens with two attached hydrogens (primary N) is 1. The Labute approximate surface area is 183 Å². The molecule has 1 unspecified atom stereocenters. The molecule has 1 atom stereocenters. The molecule has 4 rings (SSSR count). The number of anilines is 2. The van der Waals surface area contributed by atoms with Crippen LogP contribution in [0, 0.1) is 5.92 Å². The van der Waals surface area contributed by atoms with Gasteiger partial charge in [0.2, 0.25) is 5.91 Å². The average Bonchev–Trinajstić information content (AvgIpc) is 2.74. The van der Waals surface area contributed by atoms with Crippen molar-refractivity contribution in [2.45, 2.75) is 18.9 Å². The Morgan fingerprint density at radius 3 is 2.48 bits per heavy atom. The number of hydrogen-bond donors (Lipinski definition) is 2. The lowest BCUT2D eigenvalue weighted by Gasteiger charge is -2.30. The number of nitrogens with zero attached hydrogens (tertiary/aromatic N) is 2.